The molecule has 9 heteroatoms. The predicted octanol–water partition coefficient (Wildman–Crippen LogP) is 8.05. The summed E-state index contributed by atoms with van der Waals surface area (Å²) < 4.78 is 38.8. The van der Waals surface area contributed by atoms with Gasteiger partial charge < -0.3 is 14.2 Å². The van der Waals surface area contributed by atoms with Gasteiger partial charge in [0.1, 0.15) is 17.0 Å². The molecule has 0 radical (unpaired) electrons. The highest BCUT2D eigenvalue weighted by Gasteiger charge is 2.17. The van der Waals surface area contributed by atoms with E-state index < -0.39 is 30.0 Å². The maximum atomic E-state index is 12.1. The zero-order valence-electron chi connectivity index (χ0n) is 24.4. The fourth-order valence-corrected chi connectivity index (χ4v) is 3.07. The van der Waals surface area contributed by atoms with Crippen molar-refractivity contribution in [1.29, 1.82) is 0 Å². The van der Waals surface area contributed by atoms with Crippen LogP contribution in [0.4, 0.5) is 29.7 Å². The molecule has 3 aromatic carbocycles. The second-order valence-corrected chi connectivity index (χ2v) is 10.7. The Morgan fingerprint density at radius 3 is 1.62 bits per heavy atom. The van der Waals surface area contributed by atoms with Gasteiger partial charge in [-0.25, -0.2) is 9.59 Å². The van der Waals surface area contributed by atoms with E-state index in [0.29, 0.717) is 28.1 Å². The lowest BCUT2D eigenvalue weighted by Gasteiger charge is -2.19. The van der Waals surface area contributed by atoms with Gasteiger partial charge in [-0.3, -0.25) is 10.6 Å². The van der Waals surface area contributed by atoms with Crippen LogP contribution in [0.1, 0.15) is 58.2 Å². The van der Waals surface area contributed by atoms with Crippen LogP contribution in [0.3, 0.4) is 0 Å². The Labute approximate surface area is 245 Å². The van der Waals surface area contributed by atoms with E-state index in [2.05, 4.69) is 33.1 Å². The van der Waals surface area contributed by atoms with E-state index >= 15 is 0 Å². The SMILES string of the molecule is C#Cc1cccc(NC(=O)OC(C)(C)C)c1.CC(C)(C)OC(=O)Nc1cccc(C#Cc2ccc(OC(F)F)cc2)c1. The minimum Gasteiger partial charge on any atom is -0.444 e. The first-order chi connectivity index (χ1) is 19.6. The van der Waals surface area contributed by atoms with E-state index in [4.69, 9.17) is 15.9 Å². The molecule has 0 spiro atoms. The maximum Gasteiger partial charge on any atom is 0.412 e. The molecule has 2 N–H and O–H groups in total. The highest BCUT2D eigenvalue weighted by atomic mass is 19.3. The maximum absolute atomic E-state index is 12.1. The molecule has 0 saturated heterocycles. The van der Waals surface area contributed by atoms with Crippen molar-refractivity contribution in [2.75, 3.05) is 10.6 Å². The molecule has 3 aromatic rings. The lowest BCUT2D eigenvalue weighted by atomic mass is 10.1. The molecule has 0 bridgehead atoms. The molecule has 0 unspecified atom stereocenters. The molecule has 0 aliphatic heterocycles. The molecule has 2 amide bonds. The second kappa shape index (κ2) is 15.1. The standard InChI is InChI=1S/C20H19F2NO3.C13H15NO2/c1-20(2,3)26-19(24)23-16-6-4-5-15(13-16)8-7-14-9-11-17(12-10-14)25-18(21)22;1-5-10-7-6-8-11(9-10)14-12(15)16-13(2,3)4/h4-6,9-13,18H,1-3H3,(H,23,24);1,6-9H,2-4H3,(H,14,15). The first kappa shape index (κ1) is 33.2. The number of alkyl halides is 2. The van der Waals surface area contributed by atoms with E-state index in [9.17, 15) is 18.4 Å². The van der Waals surface area contributed by atoms with Gasteiger partial charge in [0, 0.05) is 28.1 Å². The smallest absolute Gasteiger partial charge is 0.412 e. The lowest BCUT2D eigenvalue weighted by molar-refractivity contribution is -0.0498. The van der Waals surface area contributed by atoms with Crippen LogP contribution in [0.15, 0.2) is 72.8 Å². The third-order valence-electron chi connectivity index (χ3n) is 4.61. The van der Waals surface area contributed by atoms with Crippen molar-refractivity contribution in [3.63, 3.8) is 0 Å². The molecular weight excluding hydrogens is 542 g/mol. The number of carbonyl (C=O) groups excluding carboxylic acids is 2. The minimum absolute atomic E-state index is 0.0779. The minimum atomic E-state index is -2.85. The molecule has 0 aliphatic carbocycles. The van der Waals surface area contributed by atoms with E-state index in [1.807, 2.05) is 20.8 Å². The van der Waals surface area contributed by atoms with Crippen LogP contribution in [0, 0.1) is 24.2 Å². The molecule has 42 heavy (non-hydrogen) atoms. The summed E-state index contributed by atoms with van der Waals surface area (Å²) in [5.74, 6) is 8.45. The fraction of sp³-hybridized carbons (Fsp3) is 0.273. The number of hydrogen-bond acceptors (Lipinski definition) is 5. The van der Waals surface area contributed by atoms with Crippen LogP contribution < -0.4 is 15.4 Å². The number of benzene rings is 3. The van der Waals surface area contributed by atoms with E-state index in [0.717, 1.165) is 0 Å². The third kappa shape index (κ3) is 13.9. The summed E-state index contributed by atoms with van der Waals surface area (Å²) in [6.07, 6.45) is 4.23. The molecule has 0 atom stereocenters. The Morgan fingerprint density at radius 1 is 0.714 bits per heavy atom. The fourth-order valence-electron chi connectivity index (χ4n) is 3.07. The molecule has 220 valence electrons. The number of ether oxygens (including phenoxy) is 3. The number of hydrogen-bond donors (Lipinski definition) is 2. The van der Waals surface area contributed by atoms with Crippen LogP contribution >= 0.6 is 0 Å². The van der Waals surface area contributed by atoms with Gasteiger partial charge in [-0.1, -0.05) is 29.9 Å². The van der Waals surface area contributed by atoms with Crippen molar-refractivity contribution in [2.45, 2.75) is 59.4 Å². The van der Waals surface area contributed by atoms with Gasteiger partial charge in [0.2, 0.25) is 0 Å². The highest BCUT2D eigenvalue weighted by Crippen LogP contribution is 2.16. The first-order valence-corrected chi connectivity index (χ1v) is 12.9. The molecule has 0 aromatic heterocycles. The molecule has 0 saturated carbocycles. The number of anilines is 2. The summed E-state index contributed by atoms with van der Waals surface area (Å²) >= 11 is 0. The summed E-state index contributed by atoms with van der Waals surface area (Å²) in [5, 5.41) is 5.26. The van der Waals surface area contributed by atoms with Crippen LogP contribution in [-0.2, 0) is 9.47 Å². The Morgan fingerprint density at radius 2 is 1.17 bits per heavy atom. The summed E-state index contributed by atoms with van der Waals surface area (Å²) in [7, 11) is 0. The van der Waals surface area contributed by atoms with Crippen LogP contribution in [0.5, 0.6) is 5.75 Å². The topological polar surface area (TPSA) is 85.9 Å². The molecule has 0 aliphatic rings. The Kier molecular flexibility index (Phi) is 11.9. The van der Waals surface area contributed by atoms with Gasteiger partial charge in [0.05, 0.1) is 0 Å². The molecule has 3 rings (SSSR count). The predicted molar refractivity (Wildman–Crippen MR) is 160 cm³/mol. The van der Waals surface area contributed by atoms with Crippen molar-refractivity contribution in [3.05, 3.63) is 89.5 Å². The van der Waals surface area contributed by atoms with Gasteiger partial charge >= 0.3 is 18.8 Å². The van der Waals surface area contributed by atoms with Crippen LogP contribution in [-0.4, -0.2) is 30.0 Å². The van der Waals surface area contributed by atoms with Crippen LogP contribution in [0.25, 0.3) is 0 Å². The number of nitrogens with one attached hydrogen (secondary N) is 2. The second-order valence-electron chi connectivity index (χ2n) is 10.7. The van der Waals surface area contributed by atoms with Gasteiger partial charge in [-0.2, -0.15) is 8.78 Å². The third-order valence-corrected chi connectivity index (χ3v) is 4.61. The van der Waals surface area contributed by atoms with Gasteiger partial charge in [-0.15, -0.1) is 6.42 Å². The summed E-state index contributed by atoms with van der Waals surface area (Å²) in [4.78, 5) is 23.2. The van der Waals surface area contributed by atoms with Crippen molar-refractivity contribution < 1.29 is 32.6 Å². The monoisotopic (exact) mass is 576 g/mol. The van der Waals surface area contributed by atoms with E-state index in [1.54, 1.807) is 81.4 Å². The lowest BCUT2D eigenvalue weighted by Crippen LogP contribution is -2.27. The van der Waals surface area contributed by atoms with Gasteiger partial charge in [-0.05, 0) is 102 Å². The molecular formula is C33H34F2N2O5. The van der Waals surface area contributed by atoms with Crippen molar-refractivity contribution >= 4 is 23.6 Å². The number of terminal acetylenes is 1. The van der Waals surface area contributed by atoms with Crippen molar-refractivity contribution in [3.8, 4) is 29.9 Å². The zero-order valence-corrected chi connectivity index (χ0v) is 24.4. The number of carbonyl (C=O) groups is 2. The normalized spacial score (nSPS) is 10.6. The zero-order chi connectivity index (χ0) is 31.3. The number of halogens is 2. The van der Waals surface area contributed by atoms with E-state index in [-0.39, 0.29) is 5.75 Å². The molecule has 7 nitrogen and oxygen atoms in total. The number of rotatable bonds is 4. The summed E-state index contributed by atoms with van der Waals surface area (Å²) in [6, 6.07) is 20.1. The van der Waals surface area contributed by atoms with E-state index in [1.165, 1.54) is 12.1 Å². The van der Waals surface area contributed by atoms with Crippen LogP contribution in [0.2, 0.25) is 0 Å². The highest BCUT2D eigenvalue weighted by molar-refractivity contribution is 5.85. The van der Waals surface area contributed by atoms with Gasteiger partial charge in [0.25, 0.3) is 0 Å². The van der Waals surface area contributed by atoms with Crippen molar-refractivity contribution in [2.24, 2.45) is 0 Å². The molecule has 0 heterocycles. The molecule has 0 fully saturated rings. The average molecular weight is 577 g/mol. The Balaban J connectivity index is 0.000000330. The first-order valence-electron chi connectivity index (χ1n) is 12.9. The largest absolute Gasteiger partial charge is 0.444 e. The Hall–Kier alpha value is -5.02. The van der Waals surface area contributed by atoms with Crippen molar-refractivity contribution in [1.82, 2.24) is 0 Å². The Bertz CT molecular complexity index is 1450. The quantitative estimate of drug-likeness (QED) is 0.307. The summed E-state index contributed by atoms with van der Waals surface area (Å²) in [6.45, 7) is 7.93. The van der Waals surface area contributed by atoms with Gasteiger partial charge in [0.15, 0.2) is 0 Å². The average Bonchev–Trinajstić information content (AvgIpc) is 2.86. The number of amides is 2. The summed E-state index contributed by atoms with van der Waals surface area (Å²) in [5.41, 5.74) is 2.16.